The van der Waals surface area contributed by atoms with Gasteiger partial charge >= 0.3 is 5.97 Å². The lowest BCUT2D eigenvalue weighted by Gasteiger charge is -2.19. The molecule has 1 atom stereocenters. The number of benzene rings is 1. The summed E-state index contributed by atoms with van der Waals surface area (Å²) in [6, 6.07) is 6.12. The number of nitriles is 1. The molecule has 1 saturated heterocycles. The van der Waals surface area contributed by atoms with Crippen LogP contribution >= 0.6 is 23.2 Å². The van der Waals surface area contributed by atoms with Crippen LogP contribution in [0.3, 0.4) is 0 Å². The first-order valence-corrected chi connectivity index (χ1v) is 9.99. The van der Waals surface area contributed by atoms with Gasteiger partial charge in [0.25, 0.3) is 0 Å². The highest BCUT2D eigenvalue weighted by molar-refractivity contribution is 7.92. The molecule has 0 bridgehead atoms. The van der Waals surface area contributed by atoms with Crippen LogP contribution in [0.2, 0.25) is 10.0 Å². The summed E-state index contributed by atoms with van der Waals surface area (Å²) >= 11 is 12.0. The molecule has 11 heteroatoms. The Morgan fingerprint density at radius 1 is 1.37 bits per heavy atom. The van der Waals surface area contributed by atoms with E-state index in [0.717, 1.165) is 6.20 Å². The second-order valence-corrected chi connectivity index (χ2v) is 8.78. The number of nitrogens with zero attached hydrogens (tertiary/aromatic N) is 4. The third kappa shape index (κ3) is 3.56. The van der Waals surface area contributed by atoms with Crippen molar-refractivity contribution >= 4 is 44.8 Å². The molecule has 1 aliphatic heterocycles. The number of anilines is 1. The molecule has 3 rings (SSSR count). The largest absolute Gasteiger partial charge is 0.477 e. The number of aromatic nitrogens is 2. The number of hydrogen-bond donors (Lipinski definition) is 1. The zero-order valence-corrected chi connectivity index (χ0v) is 16.0. The summed E-state index contributed by atoms with van der Waals surface area (Å²) < 4.78 is 25.9. The zero-order chi connectivity index (χ0) is 19.8. The van der Waals surface area contributed by atoms with Crippen molar-refractivity contribution in [3.8, 4) is 6.07 Å². The van der Waals surface area contributed by atoms with Crippen molar-refractivity contribution in [2.24, 2.45) is 0 Å². The van der Waals surface area contributed by atoms with Crippen molar-refractivity contribution in [3.05, 3.63) is 45.8 Å². The third-order valence-electron chi connectivity index (χ3n) is 4.21. The Labute approximate surface area is 164 Å². The molecule has 1 aromatic heterocycles. The predicted molar refractivity (Wildman–Crippen MR) is 98.0 cm³/mol. The van der Waals surface area contributed by atoms with Crippen LogP contribution in [0.4, 0.5) is 5.82 Å². The zero-order valence-electron chi connectivity index (χ0n) is 13.6. The van der Waals surface area contributed by atoms with E-state index >= 15 is 0 Å². The van der Waals surface area contributed by atoms with Crippen LogP contribution in [0, 0.1) is 11.3 Å². The van der Waals surface area contributed by atoms with Crippen molar-refractivity contribution < 1.29 is 18.3 Å². The molecule has 140 valence electrons. The van der Waals surface area contributed by atoms with Crippen LogP contribution in [0.25, 0.3) is 0 Å². The first-order valence-electron chi connectivity index (χ1n) is 7.69. The van der Waals surface area contributed by atoms with Crippen molar-refractivity contribution in [2.45, 2.75) is 16.6 Å². The monoisotopic (exact) mass is 426 g/mol. The summed E-state index contributed by atoms with van der Waals surface area (Å²) in [6.45, 7) is 0.261. The van der Waals surface area contributed by atoms with Gasteiger partial charge in [-0.2, -0.15) is 5.26 Å². The molecule has 1 N–H and O–H groups in total. The first kappa shape index (κ1) is 19.4. The third-order valence-corrected chi connectivity index (χ3v) is 7.35. The van der Waals surface area contributed by atoms with Gasteiger partial charge in [0, 0.05) is 19.3 Å². The Morgan fingerprint density at radius 2 is 2.11 bits per heavy atom. The molecule has 0 radical (unpaired) electrons. The van der Waals surface area contributed by atoms with Gasteiger partial charge in [-0.25, -0.2) is 23.2 Å². The average Bonchev–Trinajstić information content (AvgIpc) is 3.14. The predicted octanol–water partition coefficient (Wildman–Crippen LogP) is 2.41. The van der Waals surface area contributed by atoms with E-state index in [2.05, 4.69) is 9.97 Å². The fourth-order valence-electron chi connectivity index (χ4n) is 2.88. The molecule has 0 saturated carbocycles. The van der Waals surface area contributed by atoms with E-state index in [-0.39, 0.29) is 51.7 Å². The maximum absolute atomic E-state index is 13.0. The van der Waals surface area contributed by atoms with Crippen LogP contribution in [-0.2, 0) is 9.84 Å². The average molecular weight is 427 g/mol. The van der Waals surface area contributed by atoms with E-state index in [1.807, 2.05) is 0 Å². The minimum atomic E-state index is -3.80. The maximum atomic E-state index is 13.0. The highest BCUT2D eigenvalue weighted by Gasteiger charge is 2.37. The second kappa shape index (κ2) is 7.31. The van der Waals surface area contributed by atoms with Gasteiger partial charge in [0.2, 0.25) is 5.82 Å². The summed E-state index contributed by atoms with van der Waals surface area (Å²) in [5.74, 6) is -1.44. The SMILES string of the molecule is N#Cc1ncc(C(=O)O)c(N2CCC(S(=O)(=O)c3cccc(Cl)c3Cl)C2)n1. The Morgan fingerprint density at radius 3 is 2.78 bits per heavy atom. The van der Waals surface area contributed by atoms with Crippen molar-refractivity contribution in [3.63, 3.8) is 0 Å². The number of carbonyl (C=O) groups is 1. The summed E-state index contributed by atoms with van der Waals surface area (Å²) in [7, 11) is -3.80. The molecule has 8 nitrogen and oxygen atoms in total. The van der Waals surface area contributed by atoms with Gasteiger partial charge in [-0.15, -0.1) is 0 Å². The van der Waals surface area contributed by atoms with Gasteiger partial charge in [-0.3, -0.25) is 0 Å². The molecular weight excluding hydrogens is 415 g/mol. The quantitative estimate of drug-likeness (QED) is 0.789. The van der Waals surface area contributed by atoms with Crippen molar-refractivity contribution in [1.29, 1.82) is 5.26 Å². The highest BCUT2D eigenvalue weighted by Crippen LogP contribution is 2.34. The molecule has 2 aromatic rings. The van der Waals surface area contributed by atoms with Gasteiger partial charge in [-0.1, -0.05) is 29.3 Å². The Kier molecular flexibility index (Phi) is 5.24. The topological polar surface area (TPSA) is 124 Å². The number of carboxylic acid groups (broad SMARTS) is 1. The highest BCUT2D eigenvalue weighted by atomic mass is 35.5. The number of carboxylic acids is 1. The van der Waals surface area contributed by atoms with Gasteiger partial charge in [0.1, 0.15) is 17.5 Å². The lowest BCUT2D eigenvalue weighted by Crippen LogP contribution is -2.29. The standard InChI is InChI=1S/C16H12Cl2N4O4S/c17-11-2-1-3-12(14(11)18)27(25,26)9-4-5-22(8-9)15-10(16(23)24)7-20-13(6-19)21-15/h1-3,7,9H,4-5,8H2,(H,23,24). The lowest BCUT2D eigenvalue weighted by atomic mass is 10.3. The summed E-state index contributed by atoms with van der Waals surface area (Å²) in [5.41, 5.74) is -0.201. The molecule has 2 heterocycles. The Balaban J connectivity index is 1.95. The number of rotatable bonds is 4. The summed E-state index contributed by atoms with van der Waals surface area (Å²) in [5, 5.41) is 17.5. The van der Waals surface area contributed by atoms with Gasteiger partial charge in [0.15, 0.2) is 9.84 Å². The van der Waals surface area contributed by atoms with E-state index in [1.54, 1.807) is 6.07 Å². The van der Waals surface area contributed by atoms with Crippen LogP contribution < -0.4 is 4.90 Å². The first-order chi connectivity index (χ1) is 12.8. The van der Waals surface area contributed by atoms with Crippen LogP contribution in [0.5, 0.6) is 0 Å². The minimum Gasteiger partial charge on any atom is -0.477 e. The fourth-order valence-corrected chi connectivity index (χ4v) is 5.33. The van der Waals surface area contributed by atoms with Crippen LogP contribution in [0.15, 0.2) is 29.3 Å². The molecule has 1 aromatic carbocycles. The molecule has 0 amide bonds. The maximum Gasteiger partial charge on any atom is 0.341 e. The normalized spacial score (nSPS) is 16.9. The smallest absolute Gasteiger partial charge is 0.341 e. The van der Waals surface area contributed by atoms with E-state index < -0.39 is 21.1 Å². The fraction of sp³-hybridized carbons (Fsp3) is 0.250. The molecular formula is C16H12Cl2N4O4S. The number of halogens is 2. The van der Waals surface area contributed by atoms with E-state index in [0.29, 0.717) is 0 Å². The molecule has 27 heavy (non-hydrogen) atoms. The molecule has 0 aliphatic carbocycles. The lowest BCUT2D eigenvalue weighted by molar-refractivity contribution is 0.0696. The molecule has 1 unspecified atom stereocenters. The number of aromatic carboxylic acids is 1. The van der Waals surface area contributed by atoms with Gasteiger partial charge in [0.05, 0.1) is 20.2 Å². The number of sulfone groups is 1. The van der Waals surface area contributed by atoms with E-state index in [9.17, 15) is 18.3 Å². The Hall–Kier alpha value is -2.41. The van der Waals surface area contributed by atoms with Gasteiger partial charge < -0.3 is 10.0 Å². The van der Waals surface area contributed by atoms with E-state index in [4.69, 9.17) is 28.5 Å². The van der Waals surface area contributed by atoms with Crippen molar-refractivity contribution in [1.82, 2.24) is 9.97 Å². The summed E-state index contributed by atoms with van der Waals surface area (Å²) in [6.07, 6.45) is 1.29. The second-order valence-electron chi connectivity index (χ2n) is 5.80. The molecule has 0 spiro atoms. The van der Waals surface area contributed by atoms with Crippen molar-refractivity contribution in [2.75, 3.05) is 18.0 Å². The van der Waals surface area contributed by atoms with Crippen LogP contribution in [-0.4, -0.2) is 47.8 Å². The minimum absolute atomic E-state index is 0.00728. The van der Waals surface area contributed by atoms with E-state index in [1.165, 1.54) is 23.1 Å². The summed E-state index contributed by atoms with van der Waals surface area (Å²) in [4.78, 5) is 20.5. The molecule has 1 aliphatic rings. The Bertz CT molecular complexity index is 1070. The van der Waals surface area contributed by atoms with Gasteiger partial charge in [-0.05, 0) is 18.6 Å². The molecule has 1 fully saturated rings. The number of hydrogen-bond acceptors (Lipinski definition) is 7. The van der Waals surface area contributed by atoms with Crippen LogP contribution in [0.1, 0.15) is 22.6 Å².